The quantitative estimate of drug-likeness (QED) is 0.720. The van der Waals surface area contributed by atoms with Crippen molar-refractivity contribution in [3.63, 3.8) is 0 Å². The van der Waals surface area contributed by atoms with Crippen molar-refractivity contribution in [2.75, 3.05) is 18.4 Å². The molecule has 0 aliphatic rings. The number of carbonyl (C=O) groups excluding carboxylic acids is 2. The number of carbonyl (C=O) groups is 2. The average molecular weight is 409 g/mol. The fourth-order valence-electron chi connectivity index (χ4n) is 2.52. The van der Waals surface area contributed by atoms with Gasteiger partial charge in [0, 0.05) is 35.2 Å². The molecule has 146 valence electrons. The third kappa shape index (κ3) is 5.68. The molecule has 1 heterocycles. The van der Waals surface area contributed by atoms with Crippen LogP contribution in [0.25, 0.3) is 0 Å². The Morgan fingerprint density at radius 2 is 1.81 bits per heavy atom. The number of thiazole rings is 1. The van der Waals surface area contributed by atoms with Crippen molar-refractivity contribution >= 4 is 40.6 Å². The Morgan fingerprint density at radius 1 is 1.19 bits per heavy atom. The summed E-state index contributed by atoms with van der Waals surface area (Å²) in [5.74, 6) is -0.0794. The van der Waals surface area contributed by atoms with E-state index in [1.165, 1.54) is 11.3 Å². The first kappa shape index (κ1) is 21.2. The van der Waals surface area contributed by atoms with Crippen molar-refractivity contribution in [1.29, 1.82) is 0 Å². The Labute approximate surface area is 169 Å². The summed E-state index contributed by atoms with van der Waals surface area (Å²) in [6.07, 6.45) is 0. The Morgan fingerprint density at radius 3 is 2.37 bits per heavy atom. The van der Waals surface area contributed by atoms with Crippen LogP contribution in [0.15, 0.2) is 29.6 Å². The van der Waals surface area contributed by atoms with Gasteiger partial charge in [-0.15, -0.1) is 11.3 Å². The van der Waals surface area contributed by atoms with E-state index in [0.29, 0.717) is 36.0 Å². The Hall–Kier alpha value is -2.12. The molecule has 2 rings (SSSR count). The van der Waals surface area contributed by atoms with E-state index >= 15 is 0 Å². The van der Waals surface area contributed by atoms with Crippen molar-refractivity contribution in [1.82, 2.24) is 14.8 Å². The van der Waals surface area contributed by atoms with Crippen molar-refractivity contribution in [2.45, 2.75) is 40.3 Å². The molecule has 1 N–H and O–H groups in total. The van der Waals surface area contributed by atoms with Gasteiger partial charge in [0.25, 0.3) is 5.91 Å². The van der Waals surface area contributed by atoms with Crippen LogP contribution >= 0.6 is 22.9 Å². The summed E-state index contributed by atoms with van der Waals surface area (Å²) in [6.45, 7) is 9.39. The van der Waals surface area contributed by atoms with Crippen molar-refractivity contribution in [3.05, 3.63) is 45.4 Å². The minimum atomic E-state index is -0.223. The number of hydrogen-bond acceptors (Lipinski definition) is 4. The molecule has 6 nitrogen and oxygen atoms in total. The van der Waals surface area contributed by atoms with Gasteiger partial charge in [0.1, 0.15) is 10.7 Å². The Kier molecular flexibility index (Phi) is 7.62. The molecular weight excluding hydrogens is 384 g/mol. The number of amides is 3. The summed E-state index contributed by atoms with van der Waals surface area (Å²) in [6, 6.07) is 6.71. The van der Waals surface area contributed by atoms with Gasteiger partial charge in [0.15, 0.2) is 0 Å². The number of rotatable bonds is 7. The highest BCUT2D eigenvalue weighted by Crippen LogP contribution is 2.18. The van der Waals surface area contributed by atoms with Crippen LogP contribution in [0.5, 0.6) is 0 Å². The van der Waals surface area contributed by atoms with Crippen LogP contribution < -0.4 is 5.32 Å². The van der Waals surface area contributed by atoms with E-state index in [2.05, 4.69) is 10.3 Å². The van der Waals surface area contributed by atoms with E-state index in [9.17, 15) is 9.59 Å². The third-order valence-electron chi connectivity index (χ3n) is 4.11. The lowest BCUT2D eigenvalue weighted by Crippen LogP contribution is -2.39. The van der Waals surface area contributed by atoms with Crippen LogP contribution in [0.2, 0.25) is 5.02 Å². The molecule has 1 aromatic heterocycles. The summed E-state index contributed by atoms with van der Waals surface area (Å²) < 4.78 is 0. The Bertz CT molecular complexity index is 772. The number of urea groups is 1. The molecule has 3 amide bonds. The molecular formula is C19H25ClN4O2S. The highest BCUT2D eigenvalue weighted by molar-refractivity contribution is 7.09. The fourth-order valence-corrected chi connectivity index (χ4v) is 3.41. The van der Waals surface area contributed by atoms with Crippen molar-refractivity contribution < 1.29 is 9.59 Å². The maximum atomic E-state index is 12.7. The first-order chi connectivity index (χ1) is 12.8. The molecule has 0 fully saturated rings. The number of nitrogens with zero attached hydrogens (tertiary/aromatic N) is 3. The fraction of sp³-hybridized carbons (Fsp3) is 0.421. The van der Waals surface area contributed by atoms with Gasteiger partial charge in [-0.1, -0.05) is 11.6 Å². The van der Waals surface area contributed by atoms with Crippen LogP contribution in [0, 0.1) is 0 Å². The van der Waals surface area contributed by atoms with Gasteiger partial charge in [-0.3, -0.25) is 4.79 Å². The van der Waals surface area contributed by atoms with E-state index in [1.807, 2.05) is 27.7 Å². The van der Waals surface area contributed by atoms with Crippen LogP contribution in [-0.4, -0.2) is 45.9 Å². The van der Waals surface area contributed by atoms with E-state index in [1.54, 1.807) is 39.4 Å². The molecule has 0 atom stereocenters. The summed E-state index contributed by atoms with van der Waals surface area (Å²) in [5, 5.41) is 5.96. The van der Waals surface area contributed by atoms with E-state index in [-0.39, 0.29) is 18.0 Å². The molecule has 8 heteroatoms. The smallest absolute Gasteiger partial charge is 0.322 e. The second-order valence-corrected chi connectivity index (χ2v) is 7.64. The SMILES string of the molecule is CCN(CC)C(=O)c1csc(CN(C(=O)Nc2ccc(Cl)cc2)C(C)C)n1. The number of aromatic nitrogens is 1. The van der Waals surface area contributed by atoms with Gasteiger partial charge in [0.05, 0.1) is 6.54 Å². The summed E-state index contributed by atoms with van der Waals surface area (Å²) in [4.78, 5) is 32.9. The van der Waals surface area contributed by atoms with Crippen LogP contribution in [0.4, 0.5) is 10.5 Å². The second kappa shape index (κ2) is 9.71. The molecule has 2 aromatic rings. The van der Waals surface area contributed by atoms with Gasteiger partial charge in [-0.05, 0) is 52.0 Å². The van der Waals surface area contributed by atoms with E-state index in [4.69, 9.17) is 11.6 Å². The zero-order valence-corrected chi connectivity index (χ0v) is 17.6. The van der Waals surface area contributed by atoms with Crippen LogP contribution in [-0.2, 0) is 6.54 Å². The lowest BCUT2D eigenvalue weighted by atomic mass is 10.3. The van der Waals surface area contributed by atoms with Gasteiger partial charge >= 0.3 is 6.03 Å². The minimum Gasteiger partial charge on any atom is -0.338 e. The van der Waals surface area contributed by atoms with Crippen LogP contribution in [0.1, 0.15) is 43.2 Å². The van der Waals surface area contributed by atoms with Gasteiger partial charge < -0.3 is 15.1 Å². The topological polar surface area (TPSA) is 65.5 Å². The zero-order valence-electron chi connectivity index (χ0n) is 16.0. The van der Waals surface area contributed by atoms with Gasteiger partial charge in [-0.2, -0.15) is 0 Å². The molecule has 0 saturated carbocycles. The molecule has 0 saturated heterocycles. The molecule has 0 aliphatic carbocycles. The second-order valence-electron chi connectivity index (χ2n) is 6.26. The normalized spacial score (nSPS) is 10.7. The monoisotopic (exact) mass is 408 g/mol. The maximum Gasteiger partial charge on any atom is 0.322 e. The molecule has 0 bridgehead atoms. The molecule has 0 aliphatic heterocycles. The highest BCUT2D eigenvalue weighted by atomic mass is 35.5. The highest BCUT2D eigenvalue weighted by Gasteiger charge is 2.21. The predicted octanol–water partition coefficient (Wildman–Crippen LogP) is 4.72. The van der Waals surface area contributed by atoms with E-state index in [0.717, 1.165) is 5.01 Å². The lowest BCUT2D eigenvalue weighted by Gasteiger charge is -2.26. The largest absolute Gasteiger partial charge is 0.338 e. The molecule has 1 aromatic carbocycles. The summed E-state index contributed by atoms with van der Waals surface area (Å²) in [5.41, 5.74) is 1.10. The Balaban J connectivity index is 2.08. The zero-order chi connectivity index (χ0) is 20.0. The van der Waals surface area contributed by atoms with Gasteiger partial charge in [-0.25, -0.2) is 9.78 Å². The maximum absolute atomic E-state index is 12.7. The standard InChI is InChI=1S/C19H25ClN4O2S/c1-5-23(6-2)18(25)16-12-27-17(22-16)11-24(13(3)4)19(26)21-15-9-7-14(20)8-10-15/h7-10,12-13H,5-6,11H2,1-4H3,(H,21,26). The average Bonchev–Trinajstić information content (AvgIpc) is 3.11. The first-order valence-electron chi connectivity index (χ1n) is 8.92. The van der Waals surface area contributed by atoms with Crippen molar-refractivity contribution in [3.8, 4) is 0 Å². The lowest BCUT2D eigenvalue weighted by molar-refractivity contribution is 0.0767. The molecule has 27 heavy (non-hydrogen) atoms. The van der Waals surface area contributed by atoms with Gasteiger partial charge in [0.2, 0.25) is 0 Å². The summed E-state index contributed by atoms with van der Waals surface area (Å²) >= 11 is 7.27. The first-order valence-corrected chi connectivity index (χ1v) is 10.2. The number of nitrogens with one attached hydrogen (secondary N) is 1. The summed E-state index contributed by atoms with van der Waals surface area (Å²) in [7, 11) is 0. The van der Waals surface area contributed by atoms with Crippen LogP contribution in [0.3, 0.4) is 0 Å². The number of anilines is 1. The molecule has 0 radical (unpaired) electrons. The number of halogens is 1. The number of benzene rings is 1. The van der Waals surface area contributed by atoms with E-state index < -0.39 is 0 Å². The minimum absolute atomic E-state index is 0.0249. The van der Waals surface area contributed by atoms with Crippen molar-refractivity contribution in [2.24, 2.45) is 0 Å². The number of hydrogen-bond donors (Lipinski definition) is 1. The molecule has 0 spiro atoms. The predicted molar refractivity (Wildman–Crippen MR) is 111 cm³/mol. The third-order valence-corrected chi connectivity index (χ3v) is 5.19. The molecule has 0 unspecified atom stereocenters.